The van der Waals surface area contributed by atoms with E-state index in [2.05, 4.69) is 4.74 Å². The molecule has 1 nitrogen and oxygen atoms in total. The van der Waals surface area contributed by atoms with Gasteiger partial charge in [-0.3, -0.25) is 0 Å². The molecule has 3 aromatic carbocycles. The summed E-state index contributed by atoms with van der Waals surface area (Å²) in [5, 5.41) is 0. The van der Waals surface area contributed by atoms with Crippen molar-refractivity contribution >= 4 is 11.6 Å². The molecule has 0 saturated carbocycles. The van der Waals surface area contributed by atoms with Crippen LogP contribution in [0, 0.1) is 29.1 Å². The summed E-state index contributed by atoms with van der Waals surface area (Å²) in [6, 6.07) is 5.93. The van der Waals surface area contributed by atoms with Crippen molar-refractivity contribution in [3.63, 3.8) is 0 Å². The zero-order chi connectivity index (χ0) is 24.8. The van der Waals surface area contributed by atoms with E-state index in [9.17, 15) is 35.1 Å². The number of hydrogen-bond acceptors (Lipinski definition) is 1. The van der Waals surface area contributed by atoms with Crippen LogP contribution < -0.4 is 4.74 Å². The van der Waals surface area contributed by atoms with E-state index in [1.165, 1.54) is 24.3 Å². The van der Waals surface area contributed by atoms with E-state index in [4.69, 9.17) is 0 Å². The van der Waals surface area contributed by atoms with Gasteiger partial charge in [-0.1, -0.05) is 13.0 Å². The Morgan fingerprint density at radius 1 is 0.765 bits per heavy atom. The van der Waals surface area contributed by atoms with Crippen molar-refractivity contribution in [2.45, 2.75) is 32.5 Å². The lowest BCUT2D eigenvalue weighted by molar-refractivity contribution is -0.276. The largest absolute Gasteiger partial charge is 0.573 e. The van der Waals surface area contributed by atoms with Crippen LogP contribution in [0.25, 0.3) is 22.8 Å². The molecule has 34 heavy (non-hydrogen) atoms. The monoisotopic (exact) mass is 484 g/mol. The van der Waals surface area contributed by atoms with E-state index in [1.54, 1.807) is 6.92 Å². The van der Waals surface area contributed by atoms with E-state index < -0.39 is 41.2 Å². The number of alkyl halides is 3. The first-order valence-electron chi connectivity index (χ1n) is 10.2. The van der Waals surface area contributed by atoms with Crippen LogP contribution in [0.2, 0.25) is 0 Å². The van der Waals surface area contributed by atoms with E-state index in [0.717, 1.165) is 6.07 Å². The van der Waals surface area contributed by atoms with Crippen LogP contribution in [0.1, 0.15) is 35.6 Å². The summed E-state index contributed by atoms with van der Waals surface area (Å²) < 4.78 is 113. The molecule has 0 heterocycles. The van der Waals surface area contributed by atoms with Gasteiger partial charge >= 0.3 is 6.36 Å². The molecule has 0 aromatic heterocycles. The average molecular weight is 484 g/mol. The van der Waals surface area contributed by atoms with Crippen molar-refractivity contribution in [2.24, 2.45) is 0 Å². The van der Waals surface area contributed by atoms with Crippen LogP contribution in [0.3, 0.4) is 0 Å². The van der Waals surface area contributed by atoms with Gasteiger partial charge in [-0.2, -0.15) is 0 Å². The molecule has 1 aliphatic rings. The first kappa shape index (κ1) is 23.8. The van der Waals surface area contributed by atoms with Crippen LogP contribution in [-0.4, -0.2) is 6.36 Å². The molecule has 0 aliphatic heterocycles. The molecule has 0 fully saturated rings. The summed E-state index contributed by atoms with van der Waals surface area (Å²) in [5.41, 5.74) is 0.946. The molecule has 0 amide bonds. The highest BCUT2D eigenvalue weighted by molar-refractivity contribution is 5.86. The second kappa shape index (κ2) is 8.77. The van der Waals surface area contributed by atoms with Gasteiger partial charge in [0.15, 0.2) is 11.6 Å². The van der Waals surface area contributed by atoms with Crippen molar-refractivity contribution in [3.05, 3.63) is 87.7 Å². The van der Waals surface area contributed by atoms with Crippen LogP contribution in [0.4, 0.5) is 35.1 Å². The molecule has 0 atom stereocenters. The Hall–Kier alpha value is -3.36. The second-order valence-electron chi connectivity index (χ2n) is 7.81. The minimum atomic E-state index is -5.31. The average Bonchev–Trinajstić information content (AvgIpc) is 2.74. The lowest BCUT2D eigenvalue weighted by Crippen LogP contribution is -2.19. The number of allylic oxidation sites excluding steroid dienone is 1. The zero-order valence-electron chi connectivity index (χ0n) is 17.6. The zero-order valence-corrected chi connectivity index (χ0v) is 17.6. The summed E-state index contributed by atoms with van der Waals surface area (Å²) in [6.07, 6.45) is -2.93. The van der Waals surface area contributed by atoms with Crippen LogP contribution in [-0.2, 0) is 12.8 Å². The molecular weight excluding hydrogens is 468 g/mol. The molecule has 0 spiro atoms. The molecule has 3 aromatic rings. The number of benzene rings is 3. The highest BCUT2D eigenvalue weighted by atomic mass is 19.4. The smallest absolute Gasteiger partial charge is 0.399 e. The Labute approximate surface area is 189 Å². The summed E-state index contributed by atoms with van der Waals surface area (Å²) in [4.78, 5) is 0. The molecular formula is C25H16F8O. The van der Waals surface area contributed by atoms with Crippen molar-refractivity contribution in [1.29, 1.82) is 0 Å². The van der Waals surface area contributed by atoms with Crippen molar-refractivity contribution in [1.82, 2.24) is 0 Å². The number of rotatable bonds is 4. The number of fused-ring (bicyclic) bond motifs is 1. The highest BCUT2D eigenvalue weighted by Gasteiger charge is 2.34. The molecule has 9 heteroatoms. The van der Waals surface area contributed by atoms with Crippen molar-refractivity contribution < 1.29 is 39.9 Å². The lowest BCUT2D eigenvalue weighted by Gasteiger charge is -2.20. The number of hydrogen-bond donors (Lipinski definition) is 0. The quantitative estimate of drug-likeness (QED) is 0.341. The maximum atomic E-state index is 14.9. The molecule has 1 aliphatic carbocycles. The van der Waals surface area contributed by atoms with E-state index in [0.29, 0.717) is 40.8 Å². The number of halogens is 8. The van der Waals surface area contributed by atoms with Gasteiger partial charge in [-0.15, -0.1) is 13.2 Å². The van der Waals surface area contributed by atoms with Gasteiger partial charge in [0.05, 0.1) is 0 Å². The number of aryl methyl sites for hydroxylation is 2. The third kappa shape index (κ3) is 4.64. The van der Waals surface area contributed by atoms with E-state index in [-0.39, 0.29) is 29.5 Å². The topological polar surface area (TPSA) is 9.23 Å². The fourth-order valence-corrected chi connectivity index (χ4v) is 4.00. The van der Waals surface area contributed by atoms with Gasteiger partial charge in [0.1, 0.15) is 17.5 Å². The summed E-state index contributed by atoms with van der Waals surface area (Å²) in [7, 11) is 0. The summed E-state index contributed by atoms with van der Waals surface area (Å²) in [5.74, 6) is -7.30. The van der Waals surface area contributed by atoms with Gasteiger partial charge in [-0.05, 0) is 83.5 Å². The Bertz CT molecular complexity index is 1260. The van der Waals surface area contributed by atoms with Gasteiger partial charge in [0, 0.05) is 11.1 Å². The lowest BCUT2D eigenvalue weighted by atomic mass is 9.86. The Balaban J connectivity index is 1.73. The highest BCUT2D eigenvalue weighted by Crippen LogP contribution is 2.38. The van der Waals surface area contributed by atoms with Gasteiger partial charge in [0.25, 0.3) is 0 Å². The first-order chi connectivity index (χ1) is 16.0. The third-order valence-electron chi connectivity index (χ3n) is 5.58. The Kier molecular flexibility index (Phi) is 6.14. The van der Waals surface area contributed by atoms with Crippen molar-refractivity contribution in [2.75, 3.05) is 0 Å². The van der Waals surface area contributed by atoms with Crippen LogP contribution in [0.15, 0.2) is 36.4 Å². The third-order valence-corrected chi connectivity index (χ3v) is 5.58. The minimum Gasteiger partial charge on any atom is -0.399 e. The summed E-state index contributed by atoms with van der Waals surface area (Å²) >= 11 is 0. The Morgan fingerprint density at radius 3 is 1.94 bits per heavy atom. The van der Waals surface area contributed by atoms with Crippen molar-refractivity contribution in [3.8, 4) is 16.9 Å². The summed E-state index contributed by atoms with van der Waals surface area (Å²) in [6.45, 7) is 1.76. The Morgan fingerprint density at radius 2 is 1.38 bits per heavy atom. The maximum absolute atomic E-state index is 14.9. The fourth-order valence-electron chi connectivity index (χ4n) is 4.00. The predicted octanol–water partition coefficient (Wildman–Crippen LogP) is 8.00. The van der Waals surface area contributed by atoms with E-state index in [1.807, 2.05) is 0 Å². The molecule has 0 unspecified atom stereocenters. The predicted molar refractivity (Wildman–Crippen MR) is 110 cm³/mol. The van der Waals surface area contributed by atoms with Crippen LogP contribution >= 0.6 is 0 Å². The standard InChI is InChI=1S/C25H16F8O/c1-2-12-5-19(27)23(20(28)6-12)14-4-3-13-8-17(18(26)9-15(13)7-14)16-10-21(29)24(22(30)11-16)34-25(31,32)33/h5-11H,2-4H2,1H3. The molecule has 0 N–H and O–H groups in total. The first-order valence-corrected chi connectivity index (χ1v) is 10.2. The molecule has 0 bridgehead atoms. The van der Waals surface area contributed by atoms with Gasteiger partial charge in [0.2, 0.25) is 5.75 Å². The SMILES string of the molecule is CCc1cc(F)c(C2=Cc3cc(F)c(-c4cc(F)c(OC(F)(F)F)c(F)c4)cc3CC2)c(F)c1. The molecule has 0 saturated heterocycles. The molecule has 0 radical (unpaired) electrons. The maximum Gasteiger partial charge on any atom is 0.573 e. The molecule has 178 valence electrons. The van der Waals surface area contributed by atoms with E-state index >= 15 is 0 Å². The van der Waals surface area contributed by atoms with Gasteiger partial charge in [-0.25, -0.2) is 22.0 Å². The minimum absolute atomic E-state index is 0.197. The van der Waals surface area contributed by atoms with Crippen LogP contribution in [0.5, 0.6) is 5.75 Å². The second-order valence-corrected chi connectivity index (χ2v) is 7.81. The fraction of sp³-hybridized carbons (Fsp3) is 0.200. The normalized spacial score (nSPS) is 13.5. The van der Waals surface area contributed by atoms with Gasteiger partial charge < -0.3 is 4.74 Å². The molecule has 4 rings (SSSR count). The number of ether oxygens (including phenoxy) is 1.